The first-order valence-corrected chi connectivity index (χ1v) is 5.24. The van der Waals surface area contributed by atoms with E-state index in [-0.39, 0.29) is 0 Å². The summed E-state index contributed by atoms with van der Waals surface area (Å²) in [6, 6.07) is 5.77. The molecule has 1 aromatic rings. The Labute approximate surface area is 91.8 Å². The number of halogens is 2. The van der Waals surface area contributed by atoms with Crippen molar-refractivity contribution in [3.05, 3.63) is 27.7 Å². The van der Waals surface area contributed by atoms with Crippen LogP contribution >= 0.6 is 27.5 Å². The third-order valence-corrected chi connectivity index (χ3v) is 2.24. The Bertz CT molecular complexity index is 258. The van der Waals surface area contributed by atoms with E-state index in [0.29, 0.717) is 0 Å². The van der Waals surface area contributed by atoms with Gasteiger partial charge in [0.05, 0.1) is 0 Å². The third-order valence-electron chi connectivity index (χ3n) is 1.57. The van der Waals surface area contributed by atoms with E-state index in [1.807, 2.05) is 25.2 Å². The van der Waals surface area contributed by atoms with Gasteiger partial charge in [-0.25, -0.2) is 0 Å². The summed E-state index contributed by atoms with van der Waals surface area (Å²) in [6.07, 6.45) is 0. The number of nitrogens with one attached hydrogen (secondary N) is 2. The highest BCUT2D eigenvalue weighted by molar-refractivity contribution is 9.10. The molecular formula is C9H12BrClN2. The number of hydrogen-bond acceptors (Lipinski definition) is 2. The molecule has 0 heterocycles. The minimum Gasteiger partial charge on any atom is -0.384 e. The summed E-state index contributed by atoms with van der Waals surface area (Å²) in [5.41, 5.74) is 1.04. The fourth-order valence-electron chi connectivity index (χ4n) is 0.988. The van der Waals surface area contributed by atoms with Crippen molar-refractivity contribution in [2.24, 2.45) is 0 Å². The monoisotopic (exact) mass is 262 g/mol. The molecule has 72 valence electrons. The number of anilines is 1. The number of likely N-dealkylation sites (N-methyl/N-ethyl adjacent to an activating group) is 1. The summed E-state index contributed by atoms with van der Waals surface area (Å²) in [5, 5.41) is 7.05. The van der Waals surface area contributed by atoms with Gasteiger partial charge < -0.3 is 10.6 Å². The van der Waals surface area contributed by atoms with Crippen LogP contribution in [0.3, 0.4) is 0 Å². The summed E-state index contributed by atoms with van der Waals surface area (Å²) in [6.45, 7) is 1.83. The lowest BCUT2D eigenvalue weighted by molar-refractivity contribution is 0.824. The third kappa shape index (κ3) is 3.98. The molecule has 0 saturated heterocycles. The van der Waals surface area contributed by atoms with E-state index in [9.17, 15) is 0 Å². The summed E-state index contributed by atoms with van der Waals surface area (Å²) >= 11 is 9.26. The molecule has 1 aromatic carbocycles. The lowest BCUT2D eigenvalue weighted by Gasteiger charge is -2.06. The normalized spacial score (nSPS) is 10.1. The highest BCUT2D eigenvalue weighted by atomic mass is 79.9. The van der Waals surface area contributed by atoms with Crippen LogP contribution in [0.2, 0.25) is 5.02 Å². The van der Waals surface area contributed by atoms with Crippen molar-refractivity contribution >= 4 is 33.2 Å². The molecule has 0 atom stereocenters. The van der Waals surface area contributed by atoms with Crippen LogP contribution in [-0.4, -0.2) is 20.1 Å². The van der Waals surface area contributed by atoms with Crippen LogP contribution in [0, 0.1) is 0 Å². The van der Waals surface area contributed by atoms with Gasteiger partial charge in [-0.15, -0.1) is 0 Å². The van der Waals surface area contributed by atoms with Crippen molar-refractivity contribution in [1.82, 2.24) is 5.32 Å². The van der Waals surface area contributed by atoms with Crippen LogP contribution < -0.4 is 10.6 Å². The van der Waals surface area contributed by atoms with E-state index >= 15 is 0 Å². The molecule has 0 aliphatic heterocycles. The second-order valence-electron chi connectivity index (χ2n) is 2.69. The zero-order valence-electron chi connectivity index (χ0n) is 7.40. The maximum Gasteiger partial charge on any atom is 0.0437 e. The predicted molar refractivity (Wildman–Crippen MR) is 61.6 cm³/mol. The van der Waals surface area contributed by atoms with Crippen molar-refractivity contribution in [3.63, 3.8) is 0 Å². The molecule has 2 N–H and O–H groups in total. The fraction of sp³-hybridized carbons (Fsp3) is 0.333. The molecule has 2 nitrogen and oxygen atoms in total. The van der Waals surface area contributed by atoms with Crippen molar-refractivity contribution in [2.45, 2.75) is 0 Å². The van der Waals surface area contributed by atoms with Gasteiger partial charge in [-0.3, -0.25) is 0 Å². The molecule has 0 radical (unpaired) electrons. The molecule has 13 heavy (non-hydrogen) atoms. The second kappa shape index (κ2) is 5.47. The van der Waals surface area contributed by atoms with Crippen molar-refractivity contribution in [2.75, 3.05) is 25.5 Å². The molecule has 0 saturated carbocycles. The molecule has 0 aliphatic rings. The maximum atomic E-state index is 5.88. The fourth-order valence-corrected chi connectivity index (χ4v) is 1.85. The van der Waals surface area contributed by atoms with Gasteiger partial charge in [0.25, 0.3) is 0 Å². The van der Waals surface area contributed by atoms with Gasteiger partial charge in [-0.05, 0) is 25.2 Å². The summed E-state index contributed by atoms with van der Waals surface area (Å²) < 4.78 is 0.993. The highest BCUT2D eigenvalue weighted by Crippen LogP contribution is 2.22. The number of hydrogen-bond donors (Lipinski definition) is 2. The van der Waals surface area contributed by atoms with Crippen molar-refractivity contribution in [3.8, 4) is 0 Å². The quantitative estimate of drug-likeness (QED) is 0.816. The van der Waals surface area contributed by atoms with Crippen molar-refractivity contribution in [1.29, 1.82) is 0 Å². The Morgan fingerprint density at radius 3 is 2.69 bits per heavy atom. The van der Waals surface area contributed by atoms with Crippen LogP contribution in [0.5, 0.6) is 0 Å². The molecule has 1 rings (SSSR count). The molecule has 0 aromatic heterocycles. The van der Waals surface area contributed by atoms with E-state index in [4.69, 9.17) is 11.6 Å². The van der Waals surface area contributed by atoms with Crippen LogP contribution in [-0.2, 0) is 0 Å². The zero-order chi connectivity index (χ0) is 9.68. The second-order valence-corrected chi connectivity index (χ2v) is 4.04. The lowest BCUT2D eigenvalue weighted by Crippen LogP contribution is -2.17. The summed E-state index contributed by atoms with van der Waals surface area (Å²) in [5.74, 6) is 0. The van der Waals surface area contributed by atoms with Crippen LogP contribution in [0.1, 0.15) is 0 Å². The Kier molecular flexibility index (Phi) is 4.56. The average Bonchev–Trinajstić information content (AvgIpc) is 2.03. The molecule has 4 heteroatoms. The van der Waals surface area contributed by atoms with Gasteiger partial charge in [0.2, 0.25) is 0 Å². The number of benzene rings is 1. The smallest absolute Gasteiger partial charge is 0.0437 e. The summed E-state index contributed by atoms with van der Waals surface area (Å²) in [7, 11) is 1.93. The molecule has 0 unspecified atom stereocenters. The maximum absolute atomic E-state index is 5.88. The first-order chi connectivity index (χ1) is 6.22. The molecule has 0 bridgehead atoms. The SMILES string of the molecule is CNCCNc1cc(Cl)cc(Br)c1. The zero-order valence-corrected chi connectivity index (χ0v) is 9.74. The average molecular weight is 264 g/mol. The van der Waals surface area contributed by atoms with E-state index in [1.165, 1.54) is 0 Å². The molecule has 0 amide bonds. The lowest BCUT2D eigenvalue weighted by atomic mass is 10.3. The predicted octanol–water partition coefficient (Wildman–Crippen LogP) is 2.73. The van der Waals surface area contributed by atoms with Gasteiger partial charge >= 0.3 is 0 Å². The topological polar surface area (TPSA) is 24.1 Å². The van der Waals surface area contributed by atoms with Gasteiger partial charge in [-0.1, -0.05) is 27.5 Å². The molecular weight excluding hydrogens is 251 g/mol. The molecule has 0 fully saturated rings. The van der Waals surface area contributed by atoms with Crippen LogP contribution in [0.4, 0.5) is 5.69 Å². The Balaban J connectivity index is 2.56. The van der Waals surface area contributed by atoms with Gasteiger partial charge in [0.15, 0.2) is 0 Å². The van der Waals surface area contributed by atoms with Crippen molar-refractivity contribution < 1.29 is 0 Å². The van der Waals surface area contributed by atoms with E-state index in [0.717, 1.165) is 28.3 Å². The van der Waals surface area contributed by atoms with Crippen LogP contribution in [0.15, 0.2) is 22.7 Å². The standard InChI is InChI=1S/C9H12BrClN2/c1-12-2-3-13-9-5-7(10)4-8(11)6-9/h4-6,12-13H,2-3H2,1H3. The minimum absolute atomic E-state index is 0.737. The van der Waals surface area contributed by atoms with E-state index in [2.05, 4.69) is 26.6 Å². The van der Waals surface area contributed by atoms with Gasteiger partial charge in [0, 0.05) is 28.3 Å². The highest BCUT2D eigenvalue weighted by Gasteiger charge is 1.96. The summed E-state index contributed by atoms with van der Waals surface area (Å²) in [4.78, 5) is 0. The van der Waals surface area contributed by atoms with E-state index in [1.54, 1.807) is 0 Å². The Morgan fingerprint density at radius 1 is 1.31 bits per heavy atom. The first kappa shape index (κ1) is 10.8. The molecule has 0 spiro atoms. The van der Waals surface area contributed by atoms with Gasteiger partial charge in [0.1, 0.15) is 0 Å². The largest absolute Gasteiger partial charge is 0.384 e. The van der Waals surface area contributed by atoms with Gasteiger partial charge in [-0.2, -0.15) is 0 Å². The van der Waals surface area contributed by atoms with Crippen LogP contribution in [0.25, 0.3) is 0 Å². The number of rotatable bonds is 4. The van der Waals surface area contributed by atoms with E-state index < -0.39 is 0 Å². The first-order valence-electron chi connectivity index (χ1n) is 4.07. The molecule has 0 aliphatic carbocycles. The Morgan fingerprint density at radius 2 is 2.08 bits per heavy atom. The Hall–Kier alpha value is -0.250. The minimum atomic E-state index is 0.737.